The maximum Gasteiger partial charge on any atom is 0.417 e. The highest BCUT2D eigenvalue weighted by atomic mass is 32.2. The SMILES string of the molecule is CCOC(=O)c1ncc(C(F)(F)F)cc1S(=O)(=O)CC. The Morgan fingerprint density at radius 2 is 1.95 bits per heavy atom. The number of carbonyl (C=O) groups excluding carboxylic acids is 1. The van der Waals surface area contributed by atoms with Crippen molar-refractivity contribution in [3.8, 4) is 0 Å². The molecule has 0 saturated carbocycles. The van der Waals surface area contributed by atoms with Crippen molar-refractivity contribution in [3.63, 3.8) is 0 Å². The summed E-state index contributed by atoms with van der Waals surface area (Å²) in [6.45, 7) is 2.69. The lowest BCUT2D eigenvalue weighted by molar-refractivity contribution is -0.138. The average Bonchev–Trinajstić information content (AvgIpc) is 2.37. The number of pyridine rings is 1. The largest absolute Gasteiger partial charge is 0.461 e. The molecular weight excluding hydrogens is 299 g/mol. The van der Waals surface area contributed by atoms with E-state index in [-0.39, 0.29) is 6.61 Å². The van der Waals surface area contributed by atoms with Gasteiger partial charge in [-0.1, -0.05) is 6.92 Å². The van der Waals surface area contributed by atoms with Crippen molar-refractivity contribution in [2.75, 3.05) is 12.4 Å². The van der Waals surface area contributed by atoms with Gasteiger partial charge in [-0.3, -0.25) is 0 Å². The van der Waals surface area contributed by atoms with Gasteiger partial charge in [0.15, 0.2) is 15.5 Å². The molecule has 0 radical (unpaired) electrons. The van der Waals surface area contributed by atoms with Gasteiger partial charge < -0.3 is 4.74 Å². The standard InChI is InChI=1S/C11H12F3NO4S/c1-3-19-10(16)9-8(20(17,18)4-2)5-7(6-15-9)11(12,13)14/h5-6H,3-4H2,1-2H3. The molecule has 9 heteroatoms. The van der Waals surface area contributed by atoms with Crippen LogP contribution in [0.5, 0.6) is 0 Å². The third-order valence-electron chi connectivity index (χ3n) is 2.36. The van der Waals surface area contributed by atoms with E-state index >= 15 is 0 Å². The van der Waals surface area contributed by atoms with Crippen molar-refractivity contribution in [2.45, 2.75) is 24.9 Å². The van der Waals surface area contributed by atoms with Crippen LogP contribution in [0.1, 0.15) is 29.9 Å². The number of sulfone groups is 1. The first kappa shape index (κ1) is 16.4. The summed E-state index contributed by atoms with van der Waals surface area (Å²) in [5.41, 5.74) is -1.88. The molecule has 0 spiro atoms. The normalized spacial score (nSPS) is 12.2. The van der Waals surface area contributed by atoms with E-state index in [4.69, 9.17) is 0 Å². The molecule has 0 aromatic carbocycles. The molecule has 0 aliphatic rings. The number of rotatable bonds is 4. The maximum atomic E-state index is 12.6. The molecule has 20 heavy (non-hydrogen) atoms. The smallest absolute Gasteiger partial charge is 0.417 e. The highest BCUT2D eigenvalue weighted by Crippen LogP contribution is 2.31. The molecule has 0 amide bonds. The lowest BCUT2D eigenvalue weighted by Crippen LogP contribution is -2.18. The van der Waals surface area contributed by atoms with Crippen molar-refractivity contribution in [3.05, 3.63) is 23.5 Å². The van der Waals surface area contributed by atoms with Crippen molar-refractivity contribution >= 4 is 15.8 Å². The molecule has 0 fully saturated rings. The van der Waals surface area contributed by atoms with Gasteiger partial charge in [0, 0.05) is 6.20 Å². The summed E-state index contributed by atoms with van der Waals surface area (Å²) >= 11 is 0. The van der Waals surface area contributed by atoms with Gasteiger partial charge in [0.1, 0.15) is 4.90 Å². The van der Waals surface area contributed by atoms with Crippen LogP contribution >= 0.6 is 0 Å². The van der Waals surface area contributed by atoms with Gasteiger partial charge in [-0.2, -0.15) is 13.2 Å². The van der Waals surface area contributed by atoms with Gasteiger partial charge in [-0.15, -0.1) is 0 Å². The third kappa shape index (κ3) is 3.47. The van der Waals surface area contributed by atoms with Crippen LogP contribution in [-0.4, -0.2) is 31.7 Å². The second-order valence-electron chi connectivity index (χ2n) is 3.69. The number of hydrogen-bond acceptors (Lipinski definition) is 5. The van der Waals surface area contributed by atoms with E-state index in [9.17, 15) is 26.4 Å². The molecule has 1 rings (SSSR count). The highest BCUT2D eigenvalue weighted by Gasteiger charge is 2.34. The zero-order valence-corrected chi connectivity index (χ0v) is 11.5. The fourth-order valence-corrected chi connectivity index (χ4v) is 2.39. The van der Waals surface area contributed by atoms with Crippen LogP contribution in [0.2, 0.25) is 0 Å². The number of hydrogen-bond donors (Lipinski definition) is 0. The van der Waals surface area contributed by atoms with E-state index < -0.39 is 43.9 Å². The molecule has 0 bridgehead atoms. The number of aromatic nitrogens is 1. The number of carbonyl (C=O) groups is 1. The molecule has 5 nitrogen and oxygen atoms in total. The molecule has 0 unspecified atom stereocenters. The second kappa shape index (κ2) is 5.78. The first-order valence-corrected chi connectivity index (χ1v) is 7.25. The summed E-state index contributed by atoms with van der Waals surface area (Å²) in [6.07, 6.45) is -4.35. The lowest BCUT2D eigenvalue weighted by Gasteiger charge is -2.11. The van der Waals surface area contributed by atoms with Gasteiger partial charge in [0.05, 0.1) is 17.9 Å². The van der Waals surface area contributed by atoms with E-state index in [1.807, 2.05) is 0 Å². The van der Waals surface area contributed by atoms with Crippen LogP contribution in [0.15, 0.2) is 17.2 Å². The third-order valence-corrected chi connectivity index (χ3v) is 4.11. The summed E-state index contributed by atoms with van der Waals surface area (Å²) in [7, 11) is -4.04. The van der Waals surface area contributed by atoms with E-state index in [1.54, 1.807) is 0 Å². The molecule has 1 aromatic rings. The summed E-state index contributed by atoms with van der Waals surface area (Å²) < 4.78 is 65.9. The summed E-state index contributed by atoms with van der Waals surface area (Å²) in [6, 6.07) is 0.401. The van der Waals surface area contributed by atoms with Crippen molar-refractivity contribution in [1.29, 1.82) is 0 Å². The fourth-order valence-electron chi connectivity index (χ4n) is 1.34. The Kier molecular flexibility index (Phi) is 4.74. The first-order valence-electron chi connectivity index (χ1n) is 5.60. The van der Waals surface area contributed by atoms with Crippen LogP contribution in [0.3, 0.4) is 0 Å². The molecule has 112 valence electrons. The summed E-state index contributed by atoms with van der Waals surface area (Å²) in [5, 5.41) is 0. The molecule has 0 saturated heterocycles. The van der Waals surface area contributed by atoms with Gasteiger partial charge in [-0.05, 0) is 13.0 Å². The summed E-state index contributed by atoms with van der Waals surface area (Å²) in [4.78, 5) is 14.1. The number of nitrogens with zero attached hydrogens (tertiary/aromatic N) is 1. The van der Waals surface area contributed by atoms with Crippen LogP contribution in [0.4, 0.5) is 13.2 Å². The van der Waals surface area contributed by atoms with Crippen LogP contribution < -0.4 is 0 Å². The minimum atomic E-state index is -4.75. The van der Waals surface area contributed by atoms with Gasteiger partial charge in [-0.25, -0.2) is 18.2 Å². The van der Waals surface area contributed by atoms with Crippen molar-refractivity contribution in [1.82, 2.24) is 4.98 Å². The Labute approximate surface area is 113 Å². The van der Waals surface area contributed by atoms with Crippen molar-refractivity contribution < 1.29 is 31.1 Å². The van der Waals surface area contributed by atoms with Gasteiger partial charge >= 0.3 is 12.1 Å². The Morgan fingerprint density at radius 1 is 1.35 bits per heavy atom. The van der Waals surface area contributed by atoms with Crippen LogP contribution in [0.25, 0.3) is 0 Å². The van der Waals surface area contributed by atoms with E-state index in [1.165, 1.54) is 13.8 Å². The zero-order valence-electron chi connectivity index (χ0n) is 10.7. The van der Waals surface area contributed by atoms with E-state index in [2.05, 4.69) is 9.72 Å². The predicted molar refractivity (Wildman–Crippen MR) is 62.9 cm³/mol. The Balaban J connectivity index is 3.51. The number of halogens is 3. The highest BCUT2D eigenvalue weighted by molar-refractivity contribution is 7.91. The molecule has 1 heterocycles. The quantitative estimate of drug-likeness (QED) is 0.796. The number of esters is 1. The number of alkyl halides is 3. The van der Waals surface area contributed by atoms with E-state index in [0.717, 1.165) is 0 Å². The predicted octanol–water partition coefficient (Wildman–Crippen LogP) is 2.07. The van der Waals surface area contributed by atoms with Crippen LogP contribution in [0, 0.1) is 0 Å². The second-order valence-corrected chi connectivity index (χ2v) is 5.94. The van der Waals surface area contributed by atoms with Gasteiger partial charge in [0.25, 0.3) is 0 Å². The Bertz CT molecular complexity index is 611. The topological polar surface area (TPSA) is 73.3 Å². The minimum Gasteiger partial charge on any atom is -0.461 e. The maximum absolute atomic E-state index is 12.6. The number of ether oxygens (including phenoxy) is 1. The monoisotopic (exact) mass is 311 g/mol. The molecule has 0 atom stereocenters. The van der Waals surface area contributed by atoms with E-state index in [0.29, 0.717) is 12.3 Å². The molecule has 0 N–H and O–H groups in total. The Morgan fingerprint density at radius 3 is 2.40 bits per heavy atom. The molecule has 0 aliphatic heterocycles. The molecule has 1 aromatic heterocycles. The average molecular weight is 311 g/mol. The minimum absolute atomic E-state index is 0.0485. The zero-order chi connectivity index (χ0) is 15.6. The fraction of sp³-hybridized carbons (Fsp3) is 0.455. The summed E-state index contributed by atoms with van der Waals surface area (Å²) in [5.74, 6) is -1.53. The Hall–Kier alpha value is -1.64. The lowest BCUT2D eigenvalue weighted by atomic mass is 10.2. The van der Waals surface area contributed by atoms with Crippen molar-refractivity contribution in [2.24, 2.45) is 0 Å². The first-order chi connectivity index (χ1) is 9.13. The van der Waals surface area contributed by atoms with Gasteiger partial charge in [0.2, 0.25) is 0 Å². The molecular formula is C11H12F3NO4S. The van der Waals surface area contributed by atoms with Crippen LogP contribution in [-0.2, 0) is 20.8 Å². The molecule has 0 aliphatic carbocycles.